The molecule has 4 heteroatoms. The number of aliphatic hydroxyl groups is 1. The number of carboxylic acids is 1. The number of aliphatic hydroxyl groups excluding tert-OH is 1. The summed E-state index contributed by atoms with van der Waals surface area (Å²) in [6.45, 7) is -0.173. The Morgan fingerprint density at radius 1 is 1.80 bits per heavy atom. The van der Waals surface area contributed by atoms with Crippen molar-refractivity contribution in [2.24, 2.45) is 0 Å². The average Bonchev–Trinajstić information content (AvgIpc) is 1.89. The highest BCUT2D eigenvalue weighted by atomic mass is 16.5. The van der Waals surface area contributed by atoms with Crippen molar-refractivity contribution in [3.63, 3.8) is 0 Å². The molecule has 4 nitrogen and oxygen atoms in total. The van der Waals surface area contributed by atoms with Crippen molar-refractivity contribution in [2.75, 3.05) is 13.7 Å². The zero-order chi connectivity index (χ0) is 7.98. The lowest BCUT2D eigenvalue weighted by Gasteiger charge is -2.02. The molecule has 0 heterocycles. The number of carboxylic acid groups (broad SMARTS) is 1. The van der Waals surface area contributed by atoms with Gasteiger partial charge in [-0.1, -0.05) is 6.08 Å². The van der Waals surface area contributed by atoms with Gasteiger partial charge in [0.05, 0.1) is 6.61 Å². The zero-order valence-electron chi connectivity index (χ0n) is 5.65. The molecule has 0 aromatic heterocycles. The van der Waals surface area contributed by atoms with E-state index in [0.29, 0.717) is 0 Å². The van der Waals surface area contributed by atoms with E-state index in [0.717, 1.165) is 0 Å². The molecule has 0 fully saturated rings. The average molecular weight is 146 g/mol. The van der Waals surface area contributed by atoms with E-state index in [4.69, 9.17) is 10.2 Å². The van der Waals surface area contributed by atoms with Crippen molar-refractivity contribution >= 4 is 5.97 Å². The summed E-state index contributed by atoms with van der Waals surface area (Å²) in [6.07, 6.45) is 1.65. The van der Waals surface area contributed by atoms with Gasteiger partial charge in [-0.15, -0.1) is 0 Å². The Bertz CT molecular complexity index is 130. The Balaban J connectivity index is 3.83. The third-order valence-electron chi connectivity index (χ3n) is 0.914. The van der Waals surface area contributed by atoms with Gasteiger partial charge in [0, 0.05) is 7.11 Å². The van der Waals surface area contributed by atoms with E-state index in [1.54, 1.807) is 0 Å². The van der Waals surface area contributed by atoms with Crippen molar-refractivity contribution in [3.05, 3.63) is 12.2 Å². The third-order valence-corrected chi connectivity index (χ3v) is 0.914. The normalized spacial score (nSPS) is 13.8. The summed E-state index contributed by atoms with van der Waals surface area (Å²) in [4.78, 5) is 10.2. The van der Waals surface area contributed by atoms with Crippen LogP contribution in [0.25, 0.3) is 0 Å². The molecule has 0 saturated carbocycles. The molecule has 0 rings (SSSR count). The zero-order valence-corrected chi connectivity index (χ0v) is 5.65. The van der Waals surface area contributed by atoms with Crippen molar-refractivity contribution in [3.8, 4) is 0 Å². The molecule has 1 atom stereocenters. The lowest BCUT2D eigenvalue weighted by molar-refractivity contribution is -0.145. The topological polar surface area (TPSA) is 66.8 Å². The van der Waals surface area contributed by atoms with Crippen LogP contribution in [0.2, 0.25) is 0 Å². The largest absolute Gasteiger partial charge is 0.479 e. The van der Waals surface area contributed by atoms with Gasteiger partial charge in [0.2, 0.25) is 0 Å². The summed E-state index contributed by atoms with van der Waals surface area (Å²) in [5.41, 5.74) is 0. The first kappa shape index (κ1) is 9.13. The molecule has 2 N–H and O–H groups in total. The Morgan fingerprint density at radius 3 is 2.70 bits per heavy atom. The molecule has 0 spiro atoms. The summed E-state index contributed by atoms with van der Waals surface area (Å²) in [6, 6.07) is 0. The highest BCUT2D eigenvalue weighted by Crippen LogP contribution is 1.91. The monoisotopic (exact) mass is 146 g/mol. The lowest BCUT2D eigenvalue weighted by atomic mass is 10.3. The summed E-state index contributed by atoms with van der Waals surface area (Å²) in [5, 5.41) is 16.6. The molecule has 0 aromatic rings. The van der Waals surface area contributed by atoms with Crippen LogP contribution in [0.15, 0.2) is 12.2 Å². The van der Waals surface area contributed by atoms with Crippen LogP contribution in [0.1, 0.15) is 0 Å². The van der Waals surface area contributed by atoms with Crippen molar-refractivity contribution in [2.45, 2.75) is 6.10 Å². The minimum absolute atomic E-state index is 0.173. The van der Waals surface area contributed by atoms with E-state index >= 15 is 0 Å². The van der Waals surface area contributed by atoms with Crippen LogP contribution in [0.4, 0.5) is 0 Å². The molecule has 0 bridgehead atoms. The quantitative estimate of drug-likeness (QED) is 0.531. The molecule has 0 aromatic carbocycles. The standard InChI is InChI=1S/C6H10O4/c1-10-5(6(8)9)3-2-4-7/h2-3,5,7H,4H2,1H3,(H,8,9)/b3-2+. The van der Waals surface area contributed by atoms with E-state index in [1.165, 1.54) is 19.3 Å². The van der Waals surface area contributed by atoms with Gasteiger partial charge >= 0.3 is 5.97 Å². The Morgan fingerprint density at radius 2 is 2.40 bits per heavy atom. The molecule has 0 radical (unpaired) electrons. The number of carbonyl (C=O) groups is 1. The van der Waals surface area contributed by atoms with Gasteiger partial charge < -0.3 is 14.9 Å². The smallest absolute Gasteiger partial charge is 0.336 e. The fourth-order valence-corrected chi connectivity index (χ4v) is 0.446. The lowest BCUT2D eigenvalue weighted by Crippen LogP contribution is -2.19. The van der Waals surface area contributed by atoms with E-state index < -0.39 is 12.1 Å². The van der Waals surface area contributed by atoms with Gasteiger partial charge in [0.15, 0.2) is 6.10 Å². The number of hydrogen-bond donors (Lipinski definition) is 2. The maximum Gasteiger partial charge on any atom is 0.336 e. The second-order valence-electron chi connectivity index (χ2n) is 1.61. The molecule has 0 aliphatic rings. The van der Waals surface area contributed by atoms with Crippen LogP contribution < -0.4 is 0 Å². The first-order valence-electron chi connectivity index (χ1n) is 2.75. The molecule has 10 heavy (non-hydrogen) atoms. The van der Waals surface area contributed by atoms with Gasteiger partial charge in [-0.2, -0.15) is 0 Å². The molecular formula is C6H10O4. The second kappa shape index (κ2) is 4.96. The van der Waals surface area contributed by atoms with Gasteiger partial charge in [-0.3, -0.25) is 0 Å². The summed E-state index contributed by atoms with van der Waals surface area (Å²) < 4.78 is 4.52. The van der Waals surface area contributed by atoms with E-state index in [9.17, 15) is 4.79 Å². The predicted octanol–water partition coefficient (Wildman–Crippen LogP) is -0.365. The van der Waals surface area contributed by atoms with Gasteiger partial charge in [-0.25, -0.2) is 4.79 Å². The predicted molar refractivity (Wildman–Crippen MR) is 34.7 cm³/mol. The minimum Gasteiger partial charge on any atom is -0.479 e. The highest BCUT2D eigenvalue weighted by Gasteiger charge is 2.10. The summed E-state index contributed by atoms with van der Waals surface area (Å²) in [5.74, 6) is -1.06. The molecule has 1 unspecified atom stereocenters. The Labute approximate surface area is 58.7 Å². The third kappa shape index (κ3) is 3.21. The molecule has 0 aliphatic carbocycles. The maximum absolute atomic E-state index is 10.2. The van der Waals surface area contributed by atoms with Crippen LogP contribution in [-0.4, -0.2) is 36.0 Å². The number of ether oxygens (including phenoxy) is 1. The SMILES string of the molecule is COC(/C=C/CO)C(=O)O. The van der Waals surface area contributed by atoms with Crippen LogP contribution in [-0.2, 0) is 9.53 Å². The first-order valence-corrected chi connectivity index (χ1v) is 2.75. The van der Waals surface area contributed by atoms with Crippen LogP contribution >= 0.6 is 0 Å². The maximum atomic E-state index is 10.2. The minimum atomic E-state index is -1.06. The Kier molecular flexibility index (Phi) is 4.53. The van der Waals surface area contributed by atoms with Gasteiger partial charge in [-0.05, 0) is 6.08 Å². The van der Waals surface area contributed by atoms with E-state index in [-0.39, 0.29) is 6.61 Å². The van der Waals surface area contributed by atoms with Crippen LogP contribution in [0, 0.1) is 0 Å². The number of methoxy groups -OCH3 is 1. The van der Waals surface area contributed by atoms with Crippen molar-refractivity contribution in [1.82, 2.24) is 0 Å². The van der Waals surface area contributed by atoms with Crippen LogP contribution in [0.3, 0.4) is 0 Å². The number of rotatable bonds is 4. The highest BCUT2D eigenvalue weighted by molar-refractivity contribution is 5.74. The van der Waals surface area contributed by atoms with Crippen molar-refractivity contribution < 1.29 is 19.7 Å². The van der Waals surface area contributed by atoms with Crippen LogP contribution in [0.5, 0.6) is 0 Å². The van der Waals surface area contributed by atoms with Crippen molar-refractivity contribution in [1.29, 1.82) is 0 Å². The molecule has 0 amide bonds. The second-order valence-corrected chi connectivity index (χ2v) is 1.61. The molecule has 58 valence electrons. The first-order chi connectivity index (χ1) is 4.72. The van der Waals surface area contributed by atoms with E-state index in [1.807, 2.05) is 0 Å². The fourth-order valence-electron chi connectivity index (χ4n) is 0.446. The van der Waals surface area contributed by atoms with Gasteiger partial charge in [0.25, 0.3) is 0 Å². The summed E-state index contributed by atoms with van der Waals surface area (Å²) >= 11 is 0. The number of aliphatic carboxylic acids is 1. The number of hydrogen-bond acceptors (Lipinski definition) is 3. The fraction of sp³-hybridized carbons (Fsp3) is 0.500. The molecular weight excluding hydrogens is 136 g/mol. The molecule has 0 saturated heterocycles. The molecule has 0 aliphatic heterocycles. The van der Waals surface area contributed by atoms with Gasteiger partial charge in [0.1, 0.15) is 0 Å². The summed E-state index contributed by atoms with van der Waals surface area (Å²) in [7, 11) is 1.29. The van der Waals surface area contributed by atoms with E-state index in [2.05, 4.69) is 4.74 Å². The Hall–Kier alpha value is -0.870.